The standard InChI is InChI=1S/C51H34N4OSi/c1-4-18-35(19-5-1)53-43-29-13-10-26-40(43)48-41-27-11-14-30-44(41)54(50(48)53)36-20-16-25-39(34-36)57(37-21-6-2-7-22-37,38-23-8-3-9-24-38)47-33-17-32-46-49(47)56-51-52-42-28-12-15-31-45(42)55(46)51/h1-34H. The molecule has 0 fully saturated rings. The third-order valence-corrected chi connectivity index (χ3v) is 16.6. The highest BCUT2D eigenvalue weighted by molar-refractivity contribution is 7.20. The molecule has 12 aromatic rings. The van der Waals surface area contributed by atoms with Gasteiger partial charge in [0.15, 0.2) is 13.7 Å². The topological polar surface area (TPSA) is 40.3 Å². The van der Waals surface area contributed by atoms with E-state index in [1.807, 2.05) is 12.1 Å². The van der Waals surface area contributed by atoms with Crippen LogP contribution in [0.4, 0.5) is 0 Å². The lowest BCUT2D eigenvalue weighted by Crippen LogP contribution is -2.74. The maximum Gasteiger partial charge on any atom is 0.307 e. The Kier molecular flexibility index (Phi) is 6.88. The Morgan fingerprint density at radius 1 is 0.421 bits per heavy atom. The third-order valence-electron chi connectivity index (χ3n) is 11.8. The van der Waals surface area contributed by atoms with Crippen LogP contribution in [-0.2, 0) is 0 Å². The molecule has 5 nitrogen and oxygen atoms in total. The predicted octanol–water partition coefficient (Wildman–Crippen LogP) is 9.65. The van der Waals surface area contributed by atoms with Crippen LogP contribution < -0.4 is 20.7 Å². The summed E-state index contributed by atoms with van der Waals surface area (Å²) < 4.78 is 14.0. The van der Waals surface area contributed by atoms with Crippen molar-refractivity contribution < 1.29 is 4.42 Å². The zero-order chi connectivity index (χ0) is 37.5. The lowest BCUT2D eigenvalue weighted by molar-refractivity contribution is 0.645. The van der Waals surface area contributed by atoms with Gasteiger partial charge >= 0.3 is 5.84 Å². The molecule has 12 rings (SSSR count). The smallest absolute Gasteiger partial charge is 0.307 e. The van der Waals surface area contributed by atoms with Crippen molar-refractivity contribution in [1.82, 2.24) is 18.5 Å². The van der Waals surface area contributed by atoms with Crippen LogP contribution in [0.2, 0.25) is 0 Å². The van der Waals surface area contributed by atoms with Gasteiger partial charge in [-0.05, 0) is 75.3 Å². The molecule has 57 heavy (non-hydrogen) atoms. The summed E-state index contributed by atoms with van der Waals surface area (Å²) in [6, 6.07) is 74.8. The van der Waals surface area contributed by atoms with Gasteiger partial charge in [0.1, 0.15) is 5.65 Å². The lowest BCUT2D eigenvalue weighted by Gasteiger charge is -2.34. The molecule has 0 saturated carbocycles. The van der Waals surface area contributed by atoms with E-state index in [-0.39, 0.29) is 0 Å². The fourth-order valence-electron chi connectivity index (χ4n) is 9.52. The van der Waals surface area contributed by atoms with Crippen molar-refractivity contribution >= 4 is 89.6 Å². The first kappa shape index (κ1) is 31.9. The second kappa shape index (κ2) is 12.3. The predicted molar refractivity (Wildman–Crippen MR) is 237 cm³/mol. The van der Waals surface area contributed by atoms with E-state index in [9.17, 15) is 0 Å². The molecule has 4 aromatic heterocycles. The second-order valence-electron chi connectivity index (χ2n) is 14.7. The first-order valence-corrected chi connectivity index (χ1v) is 21.4. The summed E-state index contributed by atoms with van der Waals surface area (Å²) in [5.74, 6) is 0.603. The highest BCUT2D eigenvalue weighted by Crippen LogP contribution is 2.40. The Balaban J connectivity index is 1.21. The number of imidazole rings is 1. The molecule has 0 N–H and O–H groups in total. The number of hydrogen-bond acceptors (Lipinski definition) is 2. The van der Waals surface area contributed by atoms with Gasteiger partial charge < -0.3 is 4.42 Å². The minimum Gasteiger partial charge on any atom is -0.423 e. The zero-order valence-corrected chi connectivity index (χ0v) is 31.8. The Morgan fingerprint density at radius 3 is 1.61 bits per heavy atom. The van der Waals surface area contributed by atoms with E-state index in [0.29, 0.717) is 5.84 Å². The van der Waals surface area contributed by atoms with Crippen LogP contribution in [0.15, 0.2) is 211 Å². The molecule has 268 valence electrons. The molecule has 0 saturated heterocycles. The molecule has 0 bridgehead atoms. The molecule has 0 aliphatic rings. The number of hydrogen-bond donors (Lipinski definition) is 0. The normalized spacial score (nSPS) is 12.2. The number of nitrogens with zero attached hydrogens (tertiary/aromatic N) is 4. The van der Waals surface area contributed by atoms with Crippen LogP contribution in [-0.4, -0.2) is 26.6 Å². The van der Waals surface area contributed by atoms with Crippen molar-refractivity contribution in [1.29, 1.82) is 0 Å². The quantitative estimate of drug-likeness (QED) is 0.126. The number of oxazole rings is 1. The van der Waals surface area contributed by atoms with E-state index >= 15 is 0 Å². The van der Waals surface area contributed by atoms with Crippen LogP contribution in [0.5, 0.6) is 0 Å². The van der Waals surface area contributed by atoms with Crippen LogP contribution in [0.25, 0.3) is 72.2 Å². The molecular weight excluding hydrogens is 713 g/mol. The Bertz CT molecular complexity index is 3430. The van der Waals surface area contributed by atoms with E-state index in [2.05, 4.69) is 208 Å². The van der Waals surface area contributed by atoms with Gasteiger partial charge in [-0.15, -0.1) is 0 Å². The van der Waals surface area contributed by atoms with E-state index < -0.39 is 8.07 Å². The summed E-state index contributed by atoms with van der Waals surface area (Å²) in [5, 5.41) is 8.72. The second-order valence-corrected chi connectivity index (χ2v) is 18.5. The molecule has 0 unspecified atom stereocenters. The summed E-state index contributed by atoms with van der Waals surface area (Å²) in [6.45, 7) is 0. The Hall–Kier alpha value is -7.41. The summed E-state index contributed by atoms with van der Waals surface area (Å²) >= 11 is 0. The van der Waals surface area contributed by atoms with Gasteiger partial charge in [0.2, 0.25) is 0 Å². The molecule has 4 heterocycles. The summed E-state index contributed by atoms with van der Waals surface area (Å²) in [4.78, 5) is 4.96. The molecule has 0 amide bonds. The van der Waals surface area contributed by atoms with Gasteiger partial charge in [0, 0.05) is 27.5 Å². The van der Waals surface area contributed by atoms with Crippen LogP contribution in [0, 0.1) is 0 Å². The third kappa shape index (κ3) is 4.47. The maximum absolute atomic E-state index is 6.93. The van der Waals surface area contributed by atoms with E-state index in [1.54, 1.807) is 0 Å². The molecule has 6 heteroatoms. The van der Waals surface area contributed by atoms with Crippen molar-refractivity contribution in [2.75, 3.05) is 0 Å². The summed E-state index contributed by atoms with van der Waals surface area (Å²) in [7, 11) is -3.11. The molecule has 0 radical (unpaired) electrons. The van der Waals surface area contributed by atoms with E-state index in [4.69, 9.17) is 9.40 Å². The number of rotatable bonds is 6. The van der Waals surface area contributed by atoms with Crippen LogP contribution in [0.3, 0.4) is 0 Å². The van der Waals surface area contributed by atoms with Crippen molar-refractivity contribution in [2.24, 2.45) is 0 Å². The fraction of sp³-hybridized carbons (Fsp3) is 0. The summed E-state index contributed by atoms with van der Waals surface area (Å²) in [6.07, 6.45) is 0. The largest absolute Gasteiger partial charge is 0.423 e. The average molecular weight is 747 g/mol. The highest BCUT2D eigenvalue weighted by Gasteiger charge is 2.44. The van der Waals surface area contributed by atoms with Gasteiger partial charge in [0.25, 0.3) is 0 Å². The van der Waals surface area contributed by atoms with Crippen LogP contribution in [0.1, 0.15) is 0 Å². The van der Waals surface area contributed by atoms with Crippen molar-refractivity contribution in [3.63, 3.8) is 0 Å². The van der Waals surface area contributed by atoms with E-state index in [0.717, 1.165) is 39.2 Å². The van der Waals surface area contributed by atoms with E-state index in [1.165, 1.54) is 47.9 Å². The Morgan fingerprint density at radius 2 is 0.930 bits per heavy atom. The fourth-order valence-corrected chi connectivity index (χ4v) is 14.4. The average Bonchev–Trinajstić information content (AvgIpc) is 4.02. The van der Waals surface area contributed by atoms with Crippen LogP contribution >= 0.6 is 0 Å². The number of para-hydroxylation sites is 6. The van der Waals surface area contributed by atoms with Crippen molar-refractivity contribution in [3.05, 3.63) is 206 Å². The number of benzene rings is 8. The molecular formula is C51H34N4OSi. The van der Waals surface area contributed by atoms with Gasteiger partial charge in [-0.2, -0.15) is 4.98 Å². The van der Waals surface area contributed by atoms with Gasteiger partial charge in [-0.1, -0.05) is 152 Å². The first-order valence-electron chi connectivity index (χ1n) is 19.4. The number of aromatic nitrogens is 4. The Labute approximate surface area is 328 Å². The van der Waals surface area contributed by atoms with Crippen molar-refractivity contribution in [2.45, 2.75) is 0 Å². The van der Waals surface area contributed by atoms with Gasteiger partial charge in [-0.3, -0.25) is 13.5 Å². The van der Waals surface area contributed by atoms with Crippen molar-refractivity contribution in [3.8, 4) is 11.4 Å². The van der Waals surface area contributed by atoms with Gasteiger partial charge in [-0.25, -0.2) is 0 Å². The lowest BCUT2D eigenvalue weighted by atomic mass is 10.1. The highest BCUT2D eigenvalue weighted by atomic mass is 28.3. The maximum atomic E-state index is 6.93. The summed E-state index contributed by atoms with van der Waals surface area (Å²) in [5.41, 5.74) is 9.58. The minimum absolute atomic E-state index is 0.603. The number of fused-ring (bicyclic) bond motifs is 10. The molecule has 0 aliphatic carbocycles. The van der Waals surface area contributed by atoms with Gasteiger partial charge in [0.05, 0.1) is 27.6 Å². The molecule has 0 spiro atoms. The monoisotopic (exact) mass is 746 g/mol. The molecule has 0 atom stereocenters. The minimum atomic E-state index is -3.11. The SMILES string of the molecule is c1ccc(-n2c3ccccc3c3c4ccccc4n(-c4cccc([Si](c5ccccc5)(c5ccccc5)c5cccc6c5oc5nc7ccccc7n56)c4)c32)cc1. The molecule has 0 aliphatic heterocycles. The first-order chi connectivity index (χ1) is 28.3. The zero-order valence-electron chi connectivity index (χ0n) is 30.8. The molecule has 8 aromatic carbocycles.